The van der Waals surface area contributed by atoms with Gasteiger partial charge in [0.05, 0.1) is 29.9 Å². The Hall–Kier alpha value is -3.39. The second-order valence-electron chi connectivity index (χ2n) is 9.76. The molecule has 8 heteroatoms. The van der Waals surface area contributed by atoms with Crippen molar-refractivity contribution >= 4 is 16.7 Å². The molecule has 2 aromatic heterocycles. The van der Waals surface area contributed by atoms with Crippen molar-refractivity contribution in [2.75, 3.05) is 31.8 Å². The van der Waals surface area contributed by atoms with Crippen LogP contribution in [0.15, 0.2) is 40.9 Å². The highest BCUT2D eigenvalue weighted by atomic mass is 19.1. The number of methoxy groups -OCH3 is 1. The van der Waals surface area contributed by atoms with E-state index in [0.717, 1.165) is 90.6 Å². The minimum atomic E-state index is -0.345. The van der Waals surface area contributed by atoms with E-state index >= 15 is 0 Å². The molecule has 4 aromatic rings. The van der Waals surface area contributed by atoms with Crippen LogP contribution in [0, 0.1) is 19.7 Å². The maximum absolute atomic E-state index is 14.6. The van der Waals surface area contributed by atoms with Gasteiger partial charge in [0.25, 0.3) is 0 Å². The van der Waals surface area contributed by atoms with Gasteiger partial charge in [-0.25, -0.2) is 9.37 Å². The van der Waals surface area contributed by atoms with Crippen molar-refractivity contribution in [3.05, 3.63) is 59.5 Å². The summed E-state index contributed by atoms with van der Waals surface area (Å²) >= 11 is 0. The van der Waals surface area contributed by atoms with Crippen LogP contribution in [0.5, 0.6) is 5.75 Å². The fraction of sp³-hybridized carbons (Fsp3) is 0.429. The third-order valence-electron chi connectivity index (χ3n) is 7.61. The van der Waals surface area contributed by atoms with E-state index in [9.17, 15) is 4.39 Å². The van der Waals surface area contributed by atoms with Gasteiger partial charge in [0.2, 0.25) is 0 Å². The Kier molecular flexibility index (Phi) is 5.91. The van der Waals surface area contributed by atoms with Gasteiger partial charge in [-0.05, 0) is 69.4 Å². The Morgan fingerprint density at radius 3 is 2.61 bits per heavy atom. The molecule has 0 bridgehead atoms. The Labute approximate surface area is 209 Å². The number of aryl methyl sites for hydroxylation is 2. The van der Waals surface area contributed by atoms with Crippen LogP contribution in [-0.4, -0.2) is 41.6 Å². The minimum absolute atomic E-state index is 0.0653. The number of halogens is 1. The summed E-state index contributed by atoms with van der Waals surface area (Å²) < 4.78 is 33.3. The molecule has 2 fully saturated rings. The number of nitrogens with zero attached hydrogens (tertiary/aromatic N) is 4. The summed E-state index contributed by atoms with van der Waals surface area (Å²) in [4.78, 5) is 7.53. The molecule has 2 aliphatic rings. The molecule has 188 valence electrons. The Bertz CT molecular complexity index is 1390. The highest BCUT2D eigenvalue weighted by molar-refractivity contribution is 5.84. The first kappa shape index (κ1) is 23.0. The average Bonchev–Trinajstić information content (AvgIpc) is 3.60. The number of anilines is 1. The second-order valence-corrected chi connectivity index (χ2v) is 9.76. The summed E-state index contributed by atoms with van der Waals surface area (Å²) in [6.07, 6.45) is 3.90. The van der Waals surface area contributed by atoms with Crippen LogP contribution in [0.2, 0.25) is 0 Å². The summed E-state index contributed by atoms with van der Waals surface area (Å²) in [5, 5.41) is 4.13. The SMILES string of the molecule is COc1ccc(N2CCC[C@H]2c2nc3cc(-c4c(C)noc4C)ccc3n2C2CCOCC2)cc1F. The highest BCUT2D eigenvalue weighted by Gasteiger charge is 2.33. The van der Waals surface area contributed by atoms with Crippen LogP contribution in [0.25, 0.3) is 22.2 Å². The molecule has 2 saturated heterocycles. The van der Waals surface area contributed by atoms with Crippen LogP contribution in [0.1, 0.15) is 55.0 Å². The normalized spacial score (nSPS) is 18.9. The number of rotatable bonds is 5. The van der Waals surface area contributed by atoms with Gasteiger partial charge in [0.15, 0.2) is 11.6 Å². The summed E-state index contributed by atoms with van der Waals surface area (Å²) in [5.74, 6) is 1.76. The van der Waals surface area contributed by atoms with Crippen LogP contribution in [0.3, 0.4) is 0 Å². The largest absolute Gasteiger partial charge is 0.494 e. The highest BCUT2D eigenvalue weighted by Crippen LogP contribution is 2.41. The summed E-state index contributed by atoms with van der Waals surface area (Å²) in [6.45, 7) is 6.26. The quantitative estimate of drug-likeness (QED) is 0.334. The molecule has 7 nitrogen and oxygen atoms in total. The fourth-order valence-corrected chi connectivity index (χ4v) is 5.91. The van der Waals surface area contributed by atoms with Crippen molar-refractivity contribution in [3.63, 3.8) is 0 Å². The second kappa shape index (κ2) is 9.24. The van der Waals surface area contributed by atoms with E-state index in [1.807, 2.05) is 19.9 Å². The van der Waals surface area contributed by atoms with E-state index in [2.05, 4.69) is 32.8 Å². The molecule has 1 atom stereocenters. The predicted octanol–water partition coefficient (Wildman–Crippen LogP) is 6.15. The lowest BCUT2D eigenvalue weighted by molar-refractivity contribution is 0.0696. The Morgan fingerprint density at radius 2 is 1.89 bits per heavy atom. The molecule has 0 N–H and O–H groups in total. The number of hydrogen-bond donors (Lipinski definition) is 0. The first-order valence-electron chi connectivity index (χ1n) is 12.7. The Balaban J connectivity index is 1.47. The maximum atomic E-state index is 14.6. The van der Waals surface area contributed by atoms with Crippen LogP contribution in [-0.2, 0) is 4.74 Å². The zero-order chi connectivity index (χ0) is 24.8. The lowest BCUT2D eigenvalue weighted by atomic mass is 10.0. The molecular weight excluding hydrogens is 459 g/mol. The molecule has 0 spiro atoms. The number of fused-ring (bicyclic) bond motifs is 1. The van der Waals surface area contributed by atoms with Gasteiger partial charge in [-0.3, -0.25) is 0 Å². The van der Waals surface area contributed by atoms with Gasteiger partial charge in [0.1, 0.15) is 11.6 Å². The van der Waals surface area contributed by atoms with Gasteiger partial charge >= 0.3 is 0 Å². The summed E-state index contributed by atoms with van der Waals surface area (Å²) in [5.41, 5.74) is 5.90. The van der Waals surface area contributed by atoms with Crippen molar-refractivity contribution in [3.8, 4) is 16.9 Å². The Morgan fingerprint density at radius 1 is 1.06 bits per heavy atom. The number of imidazole rings is 1. The van der Waals surface area contributed by atoms with E-state index in [1.54, 1.807) is 12.1 Å². The molecule has 0 unspecified atom stereocenters. The topological polar surface area (TPSA) is 65.5 Å². The van der Waals surface area contributed by atoms with E-state index in [1.165, 1.54) is 7.11 Å². The van der Waals surface area contributed by atoms with Crippen LogP contribution >= 0.6 is 0 Å². The molecule has 2 aliphatic heterocycles. The third kappa shape index (κ3) is 3.84. The van der Waals surface area contributed by atoms with Crippen molar-refractivity contribution in [2.24, 2.45) is 0 Å². The van der Waals surface area contributed by atoms with Crippen molar-refractivity contribution in [2.45, 2.75) is 51.6 Å². The van der Waals surface area contributed by atoms with E-state index in [4.69, 9.17) is 19.0 Å². The van der Waals surface area contributed by atoms with Crippen LogP contribution in [0.4, 0.5) is 10.1 Å². The predicted molar refractivity (Wildman–Crippen MR) is 136 cm³/mol. The van der Waals surface area contributed by atoms with Gasteiger partial charge in [-0.15, -0.1) is 0 Å². The van der Waals surface area contributed by atoms with Crippen molar-refractivity contribution in [1.82, 2.24) is 14.7 Å². The lowest BCUT2D eigenvalue weighted by Crippen LogP contribution is -2.28. The van der Waals surface area contributed by atoms with E-state index in [0.29, 0.717) is 6.04 Å². The molecule has 0 saturated carbocycles. The number of aromatic nitrogens is 3. The third-order valence-corrected chi connectivity index (χ3v) is 7.61. The zero-order valence-electron chi connectivity index (χ0n) is 21.0. The minimum Gasteiger partial charge on any atom is -0.494 e. The van der Waals surface area contributed by atoms with Crippen LogP contribution < -0.4 is 9.64 Å². The van der Waals surface area contributed by atoms with Gasteiger partial charge in [0, 0.05) is 43.1 Å². The fourth-order valence-electron chi connectivity index (χ4n) is 5.91. The molecule has 6 rings (SSSR count). The number of hydrogen-bond acceptors (Lipinski definition) is 6. The average molecular weight is 491 g/mol. The van der Waals surface area contributed by atoms with E-state index < -0.39 is 0 Å². The first-order chi connectivity index (χ1) is 17.5. The molecule has 36 heavy (non-hydrogen) atoms. The monoisotopic (exact) mass is 490 g/mol. The molecule has 0 radical (unpaired) electrons. The van der Waals surface area contributed by atoms with Gasteiger partial charge in [-0.1, -0.05) is 11.2 Å². The molecular formula is C28H31FN4O3. The maximum Gasteiger partial charge on any atom is 0.167 e. The molecule has 0 aliphatic carbocycles. The summed E-state index contributed by atoms with van der Waals surface area (Å²) in [7, 11) is 1.49. The standard InChI is InChI=1S/C28H31FN4O3/c1-17-27(18(2)36-31-17)19-6-8-24-23(15-19)30-28(33(24)20-10-13-35-14-11-20)25-5-4-12-32(25)21-7-9-26(34-3)22(29)16-21/h6-9,15-16,20,25H,4-5,10-14H2,1-3H3/t25-/m0/s1. The van der Waals surface area contributed by atoms with Gasteiger partial charge < -0.3 is 23.5 Å². The van der Waals surface area contributed by atoms with Gasteiger partial charge in [-0.2, -0.15) is 0 Å². The number of benzene rings is 2. The lowest BCUT2D eigenvalue weighted by Gasteiger charge is -2.31. The zero-order valence-corrected chi connectivity index (χ0v) is 21.0. The number of ether oxygens (including phenoxy) is 2. The van der Waals surface area contributed by atoms with Crippen molar-refractivity contribution < 1.29 is 18.4 Å². The molecule has 4 heterocycles. The smallest absolute Gasteiger partial charge is 0.167 e. The van der Waals surface area contributed by atoms with E-state index in [-0.39, 0.29) is 17.6 Å². The molecule has 0 amide bonds. The molecule has 2 aromatic carbocycles. The van der Waals surface area contributed by atoms with Crippen molar-refractivity contribution in [1.29, 1.82) is 0 Å². The summed E-state index contributed by atoms with van der Waals surface area (Å²) in [6, 6.07) is 12.1. The first-order valence-corrected chi connectivity index (χ1v) is 12.7.